The van der Waals surface area contributed by atoms with Gasteiger partial charge in [-0.25, -0.2) is 0 Å². The van der Waals surface area contributed by atoms with Crippen LogP contribution in [0.5, 0.6) is 11.5 Å². The Bertz CT molecular complexity index is 606. The lowest BCUT2D eigenvalue weighted by Crippen LogP contribution is -2.13. The SMILES string of the molecule is CO/N=C(\COc1ccc(CO)cc1)c1ccc(OC)cc1. The average Bonchev–Trinajstić information content (AvgIpc) is 2.59. The number of nitrogens with zero attached hydrogens (tertiary/aromatic N) is 1. The number of aliphatic hydroxyl groups excluding tert-OH is 1. The number of ether oxygens (including phenoxy) is 2. The smallest absolute Gasteiger partial charge is 0.134 e. The molecular weight excluding hydrogens is 282 g/mol. The van der Waals surface area contributed by atoms with E-state index in [1.54, 1.807) is 7.11 Å². The highest BCUT2D eigenvalue weighted by Crippen LogP contribution is 2.15. The molecule has 0 atom stereocenters. The van der Waals surface area contributed by atoms with Crippen LogP contribution in [0.4, 0.5) is 0 Å². The Kier molecular flexibility index (Phi) is 5.80. The zero-order chi connectivity index (χ0) is 15.8. The third kappa shape index (κ3) is 4.23. The molecule has 5 nitrogen and oxygen atoms in total. The quantitative estimate of drug-likeness (QED) is 0.631. The summed E-state index contributed by atoms with van der Waals surface area (Å²) in [6, 6.07) is 14.8. The summed E-state index contributed by atoms with van der Waals surface area (Å²) in [5.41, 5.74) is 2.42. The van der Waals surface area contributed by atoms with Crippen molar-refractivity contribution in [2.24, 2.45) is 5.16 Å². The molecule has 2 rings (SSSR count). The second kappa shape index (κ2) is 8.05. The van der Waals surface area contributed by atoms with E-state index >= 15 is 0 Å². The maximum atomic E-state index is 9.02. The first-order valence-corrected chi connectivity index (χ1v) is 6.84. The van der Waals surface area contributed by atoms with Crippen LogP contribution in [-0.4, -0.2) is 31.6 Å². The zero-order valence-electron chi connectivity index (χ0n) is 12.7. The molecule has 2 aromatic carbocycles. The summed E-state index contributed by atoms with van der Waals surface area (Å²) < 4.78 is 10.8. The molecule has 0 aromatic heterocycles. The maximum Gasteiger partial charge on any atom is 0.134 e. The van der Waals surface area contributed by atoms with Crippen molar-refractivity contribution in [3.63, 3.8) is 0 Å². The van der Waals surface area contributed by atoms with Crippen molar-refractivity contribution in [3.8, 4) is 11.5 Å². The molecule has 0 spiro atoms. The number of oxime groups is 1. The fourth-order valence-electron chi connectivity index (χ4n) is 1.90. The Morgan fingerprint density at radius 1 is 0.955 bits per heavy atom. The monoisotopic (exact) mass is 301 g/mol. The number of benzene rings is 2. The molecule has 1 N–H and O–H groups in total. The number of hydrogen-bond donors (Lipinski definition) is 1. The van der Waals surface area contributed by atoms with Gasteiger partial charge in [-0.2, -0.15) is 0 Å². The first-order valence-electron chi connectivity index (χ1n) is 6.84. The van der Waals surface area contributed by atoms with E-state index < -0.39 is 0 Å². The highest BCUT2D eigenvalue weighted by molar-refractivity contribution is 6.01. The molecule has 0 heterocycles. The van der Waals surface area contributed by atoms with E-state index in [1.807, 2.05) is 48.5 Å². The first-order chi connectivity index (χ1) is 10.8. The van der Waals surface area contributed by atoms with Crippen LogP contribution in [0.3, 0.4) is 0 Å². The second-order valence-corrected chi connectivity index (χ2v) is 4.54. The van der Waals surface area contributed by atoms with Crippen molar-refractivity contribution in [2.45, 2.75) is 6.61 Å². The van der Waals surface area contributed by atoms with Crippen LogP contribution in [0.25, 0.3) is 0 Å². The minimum absolute atomic E-state index is 0.0164. The molecule has 22 heavy (non-hydrogen) atoms. The minimum Gasteiger partial charge on any atom is -0.497 e. The standard InChI is InChI=1S/C17H19NO4/c1-20-15-9-5-14(6-10-15)17(18-21-2)12-22-16-7-3-13(11-19)4-8-16/h3-10,19H,11-12H2,1-2H3/b18-17+. The molecule has 0 fully saturated rings. The van der Waals surface area contributed by atoms with Gasteiger partial charge in [-0.3, -0.25) is 0 Å². The molecule has 0 saturated carbocycles. The van der Waals surface area contributed by atoms with Crippen LogP contribution in [0.2, 0.25) is 0 Å². The van der Waals surface area contributed by atoms with Crippen LogP contribution in [0, 0.1) is 0 Å². The highest BCUT2D eigenvalue weighted by atomic mass is 16.6. The number of methoxy groups -OCH3 is 1. The third-order valence-electron chi connectivity index (χ3n) is 3.11. The maximum absolute atomic E-state index is 9.02. The van der Waals surface area contributed by atoms with Crippen molar-refractivity contribution in [3.05, 3.63) is 59.7 Å². The van der Waals surface area contributed by atoms with Gasteiger partial charge >= 0.3 is 0 Å². The van der Waals surface area contributed by atoms with E-state index in [9.17, 15) is 0 Å². The van der Waals surface area contributed by atoms with Gasteiger partial charge in [0.25, 0.3) is 0 Å². The summed E-state index contributed by atoms with van der Waals surface area (Å²) in [5, 5.41) is 13.0. The summed E-state index contributed by atoms with van der Waals surface area (Å²) >= 11 is 0. The third-order valence-corrected chi connectivity index (χ3v) is 3.11. The fourth-order valence-corrected chi connectivity index (χ4v) is 1.90. The van der Waals surface area contributed by atoms with Gasteiger partial charge in [0.15, 0.2) is 0 Å². The molecule has 5 heteroatoms. The van der Waals surface area contributed by atoms with E-state index in [4.69, 9.17) is 19.4 Å². The van der Waals surface area contributed by atoms with E-state index in [0.717, 1.165) is 16.9 Å². The lowest BCUT2D eigenvalue weighted by atomic mass is 10.1. The van der Waals surface area contributed by atoms with Gasteiger partial charge < -0.3 is 19.4 Å². The Morgan fingerprint density at radius 3 is 2.14 bits per heavy atom. The average molecular weight is 301 g/mol. The molecule has 0 aliphatic rings. The van der Waals surface area contributed by atoms with Gasteiger partial charge in [-0.15, -0.1) is 0 Å². The highest BCUT2D eigenvalue weighted by Gasteiger charge is 2.07. The van der Waals surface area contributed by atoms with Crippen molar-refractivity contribution in [1.82, 2.24) is 0 Å². The topological polar surface area (TPSA) is 60.3 Å². The predicted molar refractivity (Wildman–Crippen MR) is 84.4 cm³/mol. The Hall–Kier alpha value is -2.53. The lowest BCUT2D eigenvalue weighted by Gasteiger charge is -2.10. The van der Waals surface area contributed by atoms with Gasteiger partial charge in [-0.05, 0) is 42.0 Å². The Labute approximate surface area is 129 Å². The fraction of sp³-hybridized carbons (Fsp3) is 0.235. The van der Waals surface area contributed by atoms with Crippen LogP contribution in [0.1, 0.15) is 11.1 Å². The Morgan fingerprint density at radius 2 is 1.59 bits per heavy atom. The largest absolute Gasteiger partial charge is 0.497 e. The number of hydrogen-bond acceptors (Lipinski definition) is 5. The molecule has 0 aliphatic carbocycles. The van der Waals surface area contributed by atoms with Crippen LogP contribution < -0.4 is 9.47 Å². The molecule has 2 aromatic rings. The summed E-state index contributed by atoms with van der Waals surface area (Å²) in [4.78, 5) is 4.88. The normalized spacial score (nSPS) is 11.1. The molecule has 0 radical (unpaired) electrons. The lowest BCUT2D eigenvalue weighted by molar-refractivity contribution is 0.210. The summed E-state index contributed by atoms with van der Waals surface area (Å²) in [6.45, 7) is 0.293. The molecule has 116 valence electrons. The first kappa shape index (κ1) is 15.9. The number of rotatable bonds is 7. The molecular formula is C17H19NO4. The van der Waals surface area contributed by atoms with Crippen molar-refractivity contribution < 1.29 is 19.4 Å². The van der Waals surface area contributed by atoms with E-state index in [2.05, 4.69) is 5.16 Å². The zero-order valence-corrected chi connectivity index (χ0v) is 12.7. The van der Waals surface area contributed by atoms with Gasteiger partial charge in [0, 0.05) is 5.56 Å². The van der Waals surface area contributed by atoms with Gasteiger partial charge in [-0.1, -0.05) is 17.3 Å². The second-order valence-electron chi connectivity index (χ2n) is 4.54. The number of aliphatic hydroxyl groups is 1. The Balaban J connectivity index is 2.06. The van der Waals surface area contributed by atoms with Crippen LogP contribution in [-0.2, 0) is 11.4 Å². The van der Waals surface area contributed by atoms with Gasteiger partial charge in [0.2, 0.25) is 0 Å². The summed E-state index contributed by atoms with van der Waals surface area (Å²) in [7, 11) is 3.12. The van der Waals surface area contributed by atoms with Crippen LogP contribution >= 0.6 is 0 Å². The summed E-state index contributed by atoms with van der Waals surface area (Å²) in [6.07, 6.45) is 0. The van der Waals surface area contributed by atoms with Crippen molar-refractivity contribution in [2.75, 3.05) is 20.8 Å². The minimum atomic E-state index is 0.0164. The van der Waals surface area contributed by atoms with E-state index in [1.165, 1.54) is 7.11 Å². The van der Waals surface area contributed by atoms with Crippen molar-refractivity contribution in [1.29, 1.82) is 0 Å². The van der Waals surface area contributed by atoms with Crippen LogP contribution in [0.15, 0.2) is 53.7 Å². The molecule has 0 bridgehead atoms. The predicted octanol–water partition coefficient (Wildman–Crippen LogP) is 2.62. The van der Waals surface area contributed by atoms with Gasteiger partial charge in [0.05, 0.1) is 13.7 Å². The molecule has 0 aliphatic heterocycles. The summed E-state index contributed by atoms with van der Waals surface area (Å²) in [5.74, 6) is 1.48. The van der Waals surface area contributed by atoms with E-state index in [-0.39, 0.29) is 13.2 Å². The molecule has 0 saturated heterocycles. The molecule has 0 amide bonds. The van der Waals surface area contributed by atoms with Gasteiger partial charge in [0.1, 0.15) is 30.9 Å². The van der Waals surface area contributed by atoms with E-state index in [0.29, 0.717) is 11.5 Å². The molecule has 0 unspecified atom stereocenters. The van der Waals surface area contributed by atoms with Crippen molar-refractivity contribution >= 4 is 5.71 Å².